The van der Waals surface area contributed by atoms with Crippen molar-refractivity contribution < 1.29 is 9.84 Å². The van der Waals surface area contributed by atoms with E-state index >= 15 is 0 Å². The molecule has 0 spiro atoms. The van der Waals surface area contributed by atoms with Crippen LogP contribution >= 0.6 is 0 Å². The Balaban J connectivity index is 1.97. The Morgan fingerprint density at radius 3 is 2.86 bits per heavy atom. The van der Waals surface area contributed by atoms with Crippen LogP contribution in [0.3, 0.4) is 0 Å². The van der Waals surface area contributed by atoms with E-state index in [1.807, 2.05) is 0 Å². The Labute approximate surface area is 87.1 Å². The van der Waals surface area contributed by atoms with Gasteiger partial charge in [0.15, 0.2) is 0 Å². The standard InChI is InChI=1S/C11H23NO2/c1-10(2)9-14-6-5-12-4-3-11(7-12)8-13/h10-11,13H,3-9H2,1-2H3. The Morgan fingerprint density at radius 1 is 1.50 bits per heavy atom. The molecule has 3 nitrogen and oxygen atoms in total. The molecule has 0 radical (unpaired) electrons. The molecular formula is C11H23NO2. The topological polar surface area (TPSA) is 32.7 Å². The Bertz CT molecular complexity index is 150. The summed E-state index contributed by atoms with van der Waals surface area (Å²) in [6, 6.07) is 0. The molecule has 1 saturated heterocycles. The highest BCUT2D eigenvalue weighted by Crippen LogP contribution is 2.14. The summed E-state index contributed by atoms with van der Waals surface area (Å²) in [6.45, 7) is 9.53. The van der Waals surface area contributed by atoms with Gasteiger partial charge in [-0.05, 0) is 24.8 Å². The maximum atomic E-state index is 8.97. The number of hydrogen-bond acceptors (Lipinski definition) is 3. The molecule has 3 heteroatoms. The van der Waals surface area contributed by atoms with Gasteiger partial charge in [0.25, 0.3) is 0 Å². The van der Waals surface area contributed by atoms with Crippen molar-refractivity contribution >= 4 is 0 Å². The van der Waals surface area contributed by atoms with E-state index in [4.69, 9.17) is 9.84 Å². The first-order valence-electron chi connectivity index (χ1n) is 5.63. The quantitative estimate of drug-likeness (QED) is 0.650. The van der Waals surface area contributed by atoms with Gasteiger partial charge in [-0.1, -0.05) is 13.8 Å². The Kier molecular flexibility index (Phi) is 5.45. The molecule has 1 aliphatic heterocycles. The summed E-state index contributed by atoms with van der Waals surface area (Å²) >= 11 is 0. The van der Waals surface area contributed by atoms with Crippen LogP contribution in [-0.2, 0) is 4.74 Å². The second kappa shape index (κ2) is 6.38. The molecule has 1 rings (SSSR count). The number of aliphatic hydroxyl groups is 1. The highest BCUT2D eigenvalue weighted by molar-refractivity contribution is 4.74. The normalized spacial score (nSPS) is 23.6. The van der Waals surface area contributed by atoms with Crippen molar-refractivity contribution in [1.82, 2.24) is 4.90 Å². The van der Waals surface area contributed by atoms with Crippen molar-refractivity contribution in [3.05, 3.63) is 0 Å². The molecule has 0 aliphatic carbocycles. The zero-order chi connectivity index (χ0) is 10.4. The van der Waals surface area contributed by atoms with E-state index in [0.29, 0.717) is 18.4 Å². The zero-order valence-corrected chi connectivity index (χ0v) is 9.41. The summed E-state index contributed by atoms with van der Waals surface area (Å²) in [4.78, 5) is 2.38. The predicted molar refractivity (Wildman–Crippen MR) is 57.3 cm³/mol. The highest BCUT2D eigenvalue weighted by atomic mass is 16.5. The fraction of sp³-hybridized carbons (Fsp3) is 1.00. The molecule has 1 unspecified atom stereocenters. The van der Waals surface area contributed by atoms with E-state index in [0.717, 1.165) is 39.3 Å². The van der Waals surface area contributed by atoms with Gasteiger partial charge in [-0.25, -0.2) is 0 Å². The van der Waals surface area contributed by atoms with Crippen LogP contribution < -0.4 is 0 Å². The lowest BCUT2D eigenvalue weighted by Gasteiger charge is -2.15. The largest absolute Gasteiger partial charge is 0.396 e. The van der Waals surface area contributed by atoms with Gasteiger partial charge in [-0.3, -0.25) is 0 Å². The summed E-state index contributed by atoms with van der Waals surface area (Å²) in [5, 5.41) is 8.97. The van der Waals surface area contributed by atoms with Crippen LogP contribution in [0.1, 0.15) is 20.3 Å². The Hall–Kier alpha value is -0.120. The lowest BCUT2D eigenvalue weighted by Crippen LogP contribution is -2.26. The average molecular weight is 201 g/mol. The molecule has 84 valence electrons. The van der Waals surface area contributed by atoms with Crippen molar-refractivity contribution in [1.29, 1.82) is 0 Å². The van der Waals surface area contributed by atoms with Crippen molar-refractivity contribution in [3.63, 3.8) is 0 Å². The van der Waals surface area contributed by atoms with E-state index < -0.39 is 0 Å². The highest BCUT2D eigenvalue weighted by Gasteiger charge is 2.20. The van der Waals surface area contributed by atoms with Gasteiger partial charge >= 0.3 is 0 Å². The molecule has 1 heterocycles. The monoisotopic (exact) mass is 201 g/mol. The molecular weight excluding hydrogens is 178 g/mol. The van der Waals surface area contributed by atoms with E-state index in [-0.39, 0.29) is 0 Å². The molecule has 1 aliphatic rings. The first-order valence-corrected chi connectivity index (χ1v) is 5.63. The second-order valence-electron chi connectivity index (χ2n) is 4.61. The number of ether oxygens (including phenoxy) is 1. The van der Waals surface area contributed by atoms with Gasteiger partial charge in [0, 0.05) is 26.3 Å². The van der Waals surface area contributed by atoms with Crippen LogP contribution in [0.5, 0.6) is 0 Å². The number of rotatable bonds is 6. The molecule has 0 aromatic rings. The molecule has 0 amide bonds. The lowest BCUT2D eigenvalue weighted by molar-refractivity contribution is 0.0893. The van der Waals surface area contributed by atoms with E-state index in [1.54, 1.807) is 0 Å². The molecule has 1 N–H and O–H groups in total. The van der Waals surface area contributed by atoms with Crippen molar-refractivity contribution in [2.45, 2.75) is 20.3 Å². The predicted octanol–water partition coefficient (Wildman–Crippen LogP) is 0.973. The van der Waals surface area contributed by atoms with Gasteiger partial charge in [-0.2, -0.15) is 0 Å². The second-order valence-corrected chi connectivity index (χ2v) is 4.61. The zero-order valence-electron chi connectivity index (χ0n) is 9.41. The molecule has 0 bridgehead atoms. The van der Waals surface area contributed by atoms with Crippen molar-refractivity contribution in [3.8, 4) is 0 Å². The summed E-state index contributed by atoms with van der Waals surface area (Å²) in [5.41, 5.74) is 0. The summed E-state index contributed by atoms with van der Waals surface area (Å²) in [7, 11) is 0. The third kappa shape index (κ3) is 4.40. The van der Waals surface area contributed by atoms with E-state index in [1.165, 1.54) is 0 Å². The van der Waals surface area contributed by atoms with Crippen LogP contribution in [0, 0.1) is 11.8 Å². The third-order valence-corrected chi connectivity index (χ3v) is 2.63. The molecule has 1 atom stereocenters. The van der Waals surface area contributed by atoms with E-state index in [9.17, 15) is 0 Å². The van der Waals surface area contributed by atoms with Crippen LogP contribution in [-0.4, -0.2) is 49.5 Å². The minimum absolute atomic E-state index is 0.337. The number of hydrogen-bond donors (Lipinski definition) is 1. The van der Waals surface area contributed by atoms with E-state index in [2.05, 4.69) is 18.7 Å². The van der Waals surface area contributed by atoms with Gasteiger partial charge in [0.05, 0.1) is 6.61 Å². The molecule has 14 heavy (non-hydrogen) atoms. The number of aliphatic hydroxyl groups excluding tert-OH is 1. The lowest BCUT2D eigenvalue weighted by atomic mass is 10.1. The summed E-state index contributed by atoms with van der Waals surface area (Å²) < 4.78 is 5.52. The van der Waals surface area contributed by atoms with Crippen LogP contribution in [0.15, 0.2) is 0 Å². The molecule has 1 fully saturated rings. The maximum Gasteiger partial charge on any atom is 0.0593 e. The van der Waals surface area contributed by atoms with Crippen LogP contribution in [0.2, 0.25) is 0 Å². The van der Waals surface area contributed by atoms with Crippen molar-refractivity contribution in [2.24, 2.45) is 11.8 Å². The summed E-state index contributed by atoms with van der Waals surface area (Å²) in [5.74, 6) is 1.12. The molecule has 0 aromatic heterocycles. The van der Waals surface area contributed by atoms with Gasteiger partial charge in [-0.15, -0.1) is 0 Å². The summed E-state index contributed by atoms with van der Waals surface area (Å²) in [6.07, 6.45) is 1.14. The minimum atomic E-state index is 0.337. The minimum Gasteiger partial charge on any atom is -0.396 e. The molecule has 0 aromatic carbocycles. The van der Waals surface area contributed by atoms with Crippen LogP contribution in [0.25, 0.3) is 0 Å². The maximum absolute atomic E-state index is 8.97. The number of nitrogens with zero attached hydrogens (tertiary/aromatic N) is 1. The number of likely N-dealkylation sites (tertiary alicyclic amines) is 1. The van der Waals surface area contributed by atoms with Gasteiger partial charge in [0.1, 0.15) is 0 Å². The fourth-order valence-electron chi connectivity index (χ4n) is 1.78. The van der Waals surface area contributed by atoms with Gasteiger partial charge < -0.3 is 14.7 Å². The van der Waals surface area contributed by atoms with Gasteiger partial charge in [0.2, 0.25) is 0 Å². The SMILES string of the molecule is CC(C)COCCN1CCC(CO)C1. The third-order valence-electron chi connectivity index (χ3n) is 2.63. The smallest absolute Gasteiger partial charge is 0.0593 e. The first kappa shape index (κ1) is 12.0. The first-order chi connectivity index (χ1) is 6.72. The fourth-order valence-corrected chi connectivity index (χ4v) is 1.78. The Morgan fingerprint density at radius 2 is 2.29 bits per heavy atom. The van der Waals surface area contributed by atoms with Crippen LogP contribution in [0.4, 0.5) is 0 Å². The van der Waals surface area contributed by atoms with Crippen molar-refractivity contribution in [2.75, 3.05) is 39.5 Å². The molecule has 0 saturated carbocycles. The average Bonchev–Trinajstić information content (AvgIpc) is 2.60.